The second-order valence-corrected chi connectivity index (χ2v) is 9.96. The van der Waals surface area contributed by atoms with E-state index in [9.17, 15) is 0 Å². The Morgan fingerprint density at radius 3 is 2.54 bits per heavy atom. The highest BCUT2D eigenvalue weighted by molar-refractivity contribution is 7.97. The largest absolute Gasteiger partial charge is 0.357 e. The summed E-state index contributed by atoms with van der Waals surface area (Å²) in [7, 11) is 0. The number of anilines is 1. The third-order valence-electron chi connectivity index (χ3n) is 6.17. The summed E-state index contributed by atoms with van der Waals surface area (Å²) in [5.41, 5.74) is 1.48. The van der Waals surface area contributed by atoms with Gasteiger partial charge in [-0.05, 0) is 55.9 Å². The summed E-state index contributed by atoms with van der Waals surface area (Å²) < 4.78 is 2.20. The lowest BCUT2D eigenvalue weighted by atomic mass is 9.92. The molecule has 1 unspecified atom stereocenters. The monoisotopic (exact) mass is 399 g/mol. The zero-order valence-corrected chi connectivity index (χ0v) is 18.3. The van der Waals surface area contributed by atoms with Crippen molar-refractivity contribution in [2.45, 2.75) is 70.6 Å². The molecule has 152 valence electrons. The van der Waals surface area contributed by atoms with E-state index < -0.39 is 0 Å². The average molecular weight is 400 g/mol. The SMILES string of the molecule is CSCc1nc(-c2ccc(N3CCCCCC3)nc2)n(C2CCC(C)(C)C2)n1. The second-order valence-electron chi connectivity index (χ2n) is 9.10. The van der Waals surface area contributed by atoms with Gasteiger partial charge in [0.1, 0.15) is 5.82 Å². The third kappa shape index (κ3) is 4.37. The molecule has 0 spiro atoms. The maximum absolute atomic E-state index is 4.90. The van der Waals surface area contributed by atoms with E-state index in [1.165, 1.54) is 44.9 Å². The van der Waals surface area contributed by atoms with Crippen molar-refractivity contribution in [3.63, 3.8) is 0 Å². The lowest BCUT2D eigenvalue weighted by Crippen LogP contribution is -2.24. The molecule has 4 rings (SSSR count). The van der Waals surface area contributed by atoms with E-state index in [0.717, 1.165) is 41.9 Å². The van der Waals surface area contributed by atoms with E-state index in [-0.39, 0.29) is 0 Å². The summed E-state index contributed by atoms with van der Waals surface area (Å²) >= 11 is 1.78. The molecule has 1 atom stereocenters. The lowest BCUT2D eigenvalue weighted by molar-refractivity contribution is 0.350. The Morgan fingerprint density at radius 2 is 1.93 bits per heavy atom. The molecular formula is C22H33N5S. The molecule has 1 saturated carbocycles. The number of pyridine rings is 1. The summed E-state index contributed by atoms with van der Waals surface area (Å²) in [6, 6.07) is 4.81. The highest BCUT2D eigenvalue weighted by atomic mass is 32.2. The van der Waals surface area contributed by atoms with Crippen molar-refractivity contribution in [2.75, 3.05) is 24.2 Å². The van der Waals surface area contributed by atoms with Gasteiger partial charge in [0.2, 0.25) is 0 Å². The predicted molar refractivity (Wildman–Crippen MR) is 118 cm³/mol. The average Bonchev–Trinajstić information content (AvgIpc) is 3.14. The Labute approximate surface area is 173 Å². The van der Waals surface area contributed by atoms with Crippen LogP contribution in [0.3, 0.4) is 0 Å². The Kier molecular flexibility index (Phi) is 5.95. The molecule has 3 heterocycles. The van der Waals surface area contributed by atoms with Crippen molar-refractivity contribution in [3.8, 4) is 11.4 Å². The van der Waals surface area contributed by atoms with E-state index in [1.807, 2.05) is 6.20 Å². The van der Waals surface area contributed by atoms with Gasteiger partial charge in [-0.25, -0.2) is 14.6 Å². The first-order valence-electron chi connectivity index (χ1n) is 10.7. The van der Waals surface area contributed by atoms with E-state index in [1.54, 1.807) is 11.8 Å². The quantitative estimate of drug-likeness (QED) is 0.679. The standard InChI is InChI=1S/C22H33N5S/c1-22(2)11-10-18(14-22)27-21(24-19(25-27)16-28-3)17-8-9-20(23-15-17)26-12-6-4-5-7-13-26/h8-9,15,18H,4-7,10-14,16H2,1-3H3. The number of aromatic nitrogens is 4. The topological polar surface area (TPSA) is 46.8 Å². The van der Waals surface area contributed by atoms with Gasteiger partial charge in [0.25, 0.3) is 0 Å². The number of hydrogen-bond donors (Lipinski definition) is 0. The zero-order valence-electron chi connectivity index (χ0n) is 17.5. The van der Waals surface area contributed by atoms with Gasteiger partial charge in [-0.1, -0.05) is 26.7 Å². The van der Waals surface area contributed by atoms with Gasteiger partial charge < -0.3 is 4.90 Å². The molecule has 0 amide bonds. The van der Waals surface area contributed by atoms with Gasteiger partial charge in [-0.15, -0.1) is 0 Å². The van der Waals surface area contributed by atoms with Crippen LogP contribution in [0, 0.1) is 5.41 Å². The third-order valence-corrected chi connectivity index (χ3v) is 6.72. The fourth-order valence-corrected chi connectivity index (χ4v) is 5.00. The normalized spacial score (nSPS) is 22.4. The van der Waals surface area contributed by atoms with Gasteiger partial charge in [0.15, 0.2) is 11.6 Å². The van der Waals surface area contributed by atoms with Gasteiger partial charge in [0.05, 0.1) is 11.8 Å². The first-order valence-corrected chi connectivity index (χ1v) is 12.1. The van der Waals surface area contributed by atoms with E-state index in [4.69, 9.17) is 15.1 Å². The van der Waals surface area contributed by atoms with Crippen LogP contribution in [0.5, 0.6) is 0 Å². The number of thioether (sulfide) groups is 1. The fraction of sp³-hybridized carbons (Fsp3) is 0.682. The Balaban J connectivity index is 1.60. The molecule has 0 radical (unpaired) electrons. The molecule has 2 aromatic rings. The van der Waals surface area contributed by atoms with Crippen LogP contribution in [-0.4, -0.2) is 39.1 Å². The van der Waals surface area contributed by atoms with Crippen molar-refractivity contribution in [1.29, 1.82) is 0 Å². The number of hydrogen-bond acceptors (Lipinski definition) is 5. The van der Waals surface area contributed by atoms with Gasteiger partial charge in [0, 0.05) is 24.8 Å². The lowest BCUT2D eigenvalue weighted by Gasteiger charge is -2.21. The molecule has 6 heteroatoms. The minimum atomic E-state index is 0.391. The van der Waals surface area contributed by atoms with Crippen molar-refractivity contribution in [3.05, 3.63) is 24.2 Å². The smallest absolute Gasteiger partial charge is 0.161 e. The molecule has 2 fully saturated rings. The van der Waals surface area contributed by atoms with Crippen molar-refractivity contribution < 1.29 is 0 Å². The minimum Gasteiger partial charge on any atom is -0.357 e. The van der Waals surface area contributed by atoms with E-state index in [2.05, 4.69) is 41.8 Å². The minimum absolute atomic E-state index is 0.391. The van der Waals surface area contributed by atoms with Gasteiger partial charge >= 0.3 is 0 Å². The number of nitrogens with zero attached hydrogens (tertiary/aromatic N) is 5. The van der Waals surface area contributed by atoms with E-state index >= 15 is 0 Å². The molecule has 0 N–H and O–H groups in total. The van der Waals surface area contributed by atoms with Crippen LogP contribution < -0.4 is 4.90 Å². The predicted octanol–water partition coefficient (Wildman–Crippen LogP) is 5.33. The summed E-state index contributed by atoms with van der Waals surface area (Å²) in [5, 5.41) is 4.90. The molecule has 1 aliphatic carbocycles. The van der Waals surface area contributed by atoms with Crippen LogP contribution in [-0.2, 0) is 5.75 Å². The van der Waals surface area contributed by atoms with Crippen molar-refractivity contribution in [1.82, 2.24) is 19.7 Å². The molecule has 0 bridgehead atoms. The molecule has 2 aromatic heterocycles. The Bertz CT molecular complexity index is 775. The van der Waals surface area contributed by atoms with Crippen LogP contribution >= 0.6 is 11.8 Å². The van der Waals surface area contributed by atoms with E-state index in [0.29, 0.717) is 11.5 Å². The van der Waals surface area contributed by atoms with Crippen LogP contribution in [0.15, 0.2) is 18.3 Å². The Morgan fingerprint density at radius 1 is 1.14 bits per heavy atom. The number of rotatable bonds is 5. The van der Waals surface area contributed by atoms with Gasteiger partial charge in [-0.3, -0.25) is 0 Å². The molecule has 5 nitrogen and oxygen atoms in total. The Hall–Kier alpha value is -1.56. The van der Waals surface area contributed by atoms with Crippen LogP contribution in [0.4, 0.5) is 5.82 Å². The van der Waals surface area contributed by atoms with Crippen molar-refractivity contribution in [2.24, 2.45) is 5.41 Å². The summed E-state index contributed by atoms with van der Waals surface area (Å²) in [6.07, 6.45) is 12.9. The van der Waals surface area contributed by atoms with Crippen LogP contribution in [0.2, 0.25) is 0 Å². The fourth-order valence-electron chi connectivity index (χ4n) is 4.62. The molecule has 0 aromatic carbocycles. The molecule has 1 saturated heterocycles. The second kappa shape index (κ2) is 8.44. The van der Waals surface area contributed by atoms with Gasteiger partial charge in [-0.2, -0.15) is 16.9 Å². The highest BCUT2D eigenvalue weighted by Gasteiger charge is 2.34. The maximum atomic E-state index is 4.90. The summed E-state index contributed by atoms with van der Waals surface area (Å²) in [5.74, 6) is 3.88. The maximum Gasteiger partial charge on any atom is 0.161 e. The first kappa shape index (κ1) is 19.7. The molecular weight excluding hydrogens is 366 g/mol. The molecule has 2 aliphatic rings. The summed E-state index contributed by atoms with van der Waals surface area (Å²) in [6.45, 7) is 6.98. The van der Waals surface area contributed by atoms with Crippen LogP contribution in [0.1, 0.15) is 70.7 Å². The molecule has 28 heavy (non-hydrogen) atoms. The summed E-state index contributed by atoms with van der Waals surface area (Å²) in [4.78, 5) is 12.1. The zero-order chi connectivity index (χ0) is 19.6. The van der Waals surface area contributed by atoms with Crippen molar-refractivity contribution >= 4 is 17.6 Å². The highest BCUT2D eigenvalue weighted by Crippen LogP contribution is 2.44. The molecule has 1 aliphatic heterocycles. The first-order chi connectivity index (χ1) is 13.6. The van der Waals surface area contributed by atoms with Crippen LogP contribution in [0.25, 0.3) is 11.4 Å².